The van der Waals surface area contributed by atoms with E-state index in [1.165, 1.54) is 4.90 Å². The van der Waals surface area contributed by atoms with Crippen molar-refractivity contribution in [3.63, 3.8) is 0 Å². The first-order valence-corrected chi connectivity index (χ1v) is 14.0. The van der Waals surface area contributed by atoms with Gasteiger partial charge in [0.15, 0.2) is 0 Å². The summed E-state index contributed by atoms with van der Waals surface area (Å²) in [4.78, 5) is 65.4. The Labute approximate surface area is 225 Å². The first-order chi connectivity index (χ1) is 18.0. The van der Waals surface area contributed by atoms with Gasteiger partial charge in [0, 0.05) is 26.1 Å². The van der Waals surface area contributed by atoms with E-state index in [1.807, 2.05) is 20.8 Å². The maximum absolute atomic E-state index is 13.4. The number of amides is 5. The van der Waals surface area contributed by atoms with Crippen LogP contribution in [0.2, 0.25) is 0 Å². The molecule has 2 N–H and O–H groups in total. The van der Waals surface area contributed by atoms with E-state index in [4.69, 9.17) is 4.74 Å². The number of ether oxygens (including phenoxy) is 1. The van der Waals surface area contributed by atoms with E-state index < -0.39 is 29.4 Å². The molecule has 0 spiro atoms. The Kier molecular flexibility index (Phi) is 10.5. The lowest BCUT2D eigenvalue weighted by atomic mass is 9.91. The maximum atomic E-state index is 13.4. The first-order valence-electron chi connectivity index (χ1n) is 14.0. The first kappa shape index (κ1) is 29.9. The Morgan fingerprint density at radius 1 is 1.05 bits per heavy atom. The highest BCUT2D eigenvalue weighted by Crippen LogP contribution is 2.32. The van der Waals surface area contributed by atoms with Gasteiger partial charge in [0.1, 0.15) is 11.6 Å². The summed E-state index contributed by atoms with van der Waals surface area (Å²) >= 11 is 0. The van der Waals surface area contributed by atoms with E-state index in [-0.39, 0.29) is 30.9 Å². The second kappa shape index (κ2) is 13.4. The number of nitrogens with one attached hydrogen (secondary N) is 1. The van der Waals surface area contributed by atoms with E-state index in [2.05, 4.69) is 5.32 Å². The summed E-state index contributed by atoms with van der Waals surface area (Å²) in [7, 11) is 0. The topological polar surface area (TPSA) is 137 Å². The minimum absolute atomic E-state index is 0.107. The molecule has 1 saturated carbocycles. The third-order valence-corrected chi connectivity index (χ3v) is 7.79. The third kappa shape index (κ3) is 8.68. The number of nitrogens with zero attached hydrogens (tertiary/aromatic N) is 3. The maximum Gasteiger partial charge on any atom is 0.410 e. The molecule has 0 aromatic rings. The summed E-state index contributed by atoms with van der Waals surface area (Å²) in [6.45, 7) is 6.86. The van der Waals surface area contributed by atoms with Crippen molar-refractivity contribution >= 4 is 30.2 Å². The minimum atomic E-state index is -0.741. The highest BCUT2D eigenvalue weighted by atomic mass is 16.6. The van der Waals surface area contributed by atoms with Crippen LogP contribution in [0.15, 0.2) is 0 Å². The standard InChI is InChI=1S/C27H44N4O7/c1-27(2,3)38-26(36)29-14-12-20(16-29)10-11-23(33)28-24(34)22-9-6-13-31(22)25(35)21(17-30(37)18-32)15-19-7-4-5-8-19/h18-22,37H,4-17H2,1-3H3,(H,28,33,34)/t20?,21-,22+/m1/s1. The summed E-state index contributed by atoms with van der Waals surface area (Å²) in [6.07, 6.45) is 7.35. The Morgan fingerprint density at radius 3 is 2.42 bits per heavy atom. The molecule has 3 aliphatic rings. The van der Waals surface area contributed by atoms with Crippen LogP contribution in [0.1, 0.15) is 85.0 Å². The Balaban J connectivity index is 1.49. The number of hydroxylamine groups is 2. The molecule has 0 bridgehead atoms. The van der Waals surface area contributed by atoms with Gasteiger partial charge in [-0.2, -0.15) is 0 Å². The van der Waals surface area contributed by atoms with Gasteiger partial charge in [-0.05, 0) is 64.7 Å². The number of imide groups is 1. The van der Waals surface area contributed by atoms with Crippen LogP contribution in [0.25, 0.3) is 0 Å². The molecular weight excluding hydrogens is 492 g/mol. The molecule has 2 heterocycles. The number of rotatable bonds is 10. The van der Waals surface area contributed by atoms with Gasteiger partial charge in [0.05, 0.1) is 12.5 Å². The molecule has 214 valence electrons. The Bertz CT molecular complexity index is 868. The van der Waals surface area contributed by atoms with Crippen molar-refractivity contribution in [1.82, 2.24) is 20.2 Å². The Hall–Kier alpha value is -2.69. The van der Waals surface area contributed by atoms with Crippen LogP contribution in [0, 0.1) is 17.8 Å². The normalized spacial score (nSPS) is 22.8. The van der Waals surface area contributed by atoms with E-state index in [0.717, 1.165) is 32.1 Å². The van der Waals surface area contributed by atoms with Gasteiger partial charge in [-0.15, -0.1) is 0 Å². The SMILES string of the molecule is CC(C)(C)OC(=O)N1CCC(CCC(=O)NC(=O)[C@@H]2CCCN2C(=O)[C@H](CC2CCCC2)CN(O)C=O)C1. The largest absolute Gasteiger partial charge is 0.444 e. The summed E-state index contributed by atoms with van der Waals surface area (Å²) < 4.78 is 5.41. The van der Waals surface area contributed by atoms with E-state index >= 15 is 0 Å². The second-order valence-electron chi connectivity index (χ2n) is 12.0. The highest BCUT2D eigenvalue weighted by Gasteiger charge is 2.39. The van der Waals surface area contributed by atoms with E-state index in [9.17, 15) is 29.2 Å². The molecule has 1 aliphatic carbocycles. The van der Waals surface area contributed by atoms with Crippen molar-refractivity contribution in [3.8, 4) is 0 Å². The van der Waals surface area contributed by atoms with Crippen LogP contribution in [-0.2, 0) is 23.9 Å². The molecule has 0 radical (unpaired) electrons. The highest BCUT2D eigenvalue weighted by molar-refractivity contribution is 5.99. The molecule has 2 saturated heterocycles. The monoisotopic (exact) mass is 536 g/mol. The molecule has 5 amide bonds. The average Bonchev–Trinajstić information content (AvgIpc) is 3.62. The van der Waals surface area contributed by atoms with Gasteiger partial charge in [-0.3, -0.25) is 29.7 Å². The van der Waals surface area contributed by atoms with Crippen LogP contribution >= 0.6 is 0 Å². The predicted molar refractivity (Wildman–Crippen MR) is 138 cm³/mol. The number of carbonyl (C=O) groups is 5. The van der Waals surface area contributed by atoms with Crippen molar-refractivity contribution < 1.29 is 33.9 Å². The number of hydrogen-bond acceptors (Lipinski definition) is 7. The molecule has 3 rings (SSSR count). The fraction of sp³-hybridized carbons (Fsp3) is 0.815. The van der Waals surface area contributed by atoms with Crippen LogP contribution < -0.4 is 5.32 Å². The van der Waals surface area contributed by atoms with Crippen molar-refractivity contribution in [2.75, 3.05) is 26.2 Å². The van der Waals surface area contributed by atoms with Crippen LogP contribution in [0.5, 0.6) is 0 Å². The van der Waals surface area contributed by atoms with Gasteiger partial charge in [0.2, 0.25) is 24.1 Å². The quantitative estimate of drug-likeness (QED) is 0.249. The Morgan fingerprint density at radius 2 is 1.76 bits per heavy atom. The lowest BCUT2D eigenvalue weighted by Crippen LogP contribution is -2.50. The lowest BCUT2D eigenvalue weighted by molar-refractivity contribution is -0.158. The lowest BCUT2D eigenvalue weighted by Gasteiger charge is -2.30. The fourth-order valence-corrected chi connectivity index (χ4v) is 5.89. The summed E-state index contributed by atoms with van der Waals surface area (Å²) in [6, 6.07) is -0.741. The van der Waals surface area contributed by atoms with Crippen molar-refractivity contribution in [3.05, 3.63) is 0 Å². The van der Waals surface area contributed by atoms with Gasteiger partial charge in [-0.25, -0.2) is 9.86 Å². The van der Waals surface area contributed by atoms with Gasteiger partial charge >= 0.3 is 6.09 Å². The van der Waals surface area contributed by atoms with Crippen molar-refractivity contribution in [2.24, 2.45) is 17.8 Å². The molecule has 38 heavy (non-hydrogen) atoms. The minimum Gasteiger partial charge on any atom is -0.444 e. The van der Waals surface area contributed by atoms with Gasteiger partial charge in [-0.1, -0.05) is 25.7 Å². The van der Waals surface area contributed by atoms with Crippen LogP contribution in [0.4, 0.5) is 4.79 Å². The molecule has 2 aliphatic heterocycles. The second-order valence-corrected chi connectivity index (χ2v) is 12.0. The average molecular weight is 537 g/mol. The number of likely N-dealkylation sites (tertiary alicyclic amines) is 2. The van der Waals surface area contributed by atoms with Crippen LogP contribution in [0.3, 0.4) is 0 Å². The van der Waals surface area contributed by atoms with Crippen LogP contribution in [-0.4, -0.2) is 88.1 Å². The zero-order valence-electron chi connectivity index (χ0n) is 23.0. The molecule has 0 aromatic heterocycles. The zero-order valence-corrected chi connectivity index (χ0v) is 23.0. The molecule has 0 aromatic carbocycles. The molecule has 11 heteroatoms. The van der Waals surface area contributed by atoms with E-state index in [1.54, 1.807) is 4.90 Å². The van der Waals surface area contributed by atoms with E-state index in [0.29, 0.717) is 62.7 Å². The number of hydrogen-bond donors (Lipinski definition) is 2. The molecular formula is C27H44N4O7. The van der Waals surface area contributed by atoms with Crippen molar-refractivity contribution in [1.29, 1.82) is 0 Å². The zero-order chi connectivity index (χ0) is 27.9. The van der Waals surface area contributed by atoms with Crippen molar-refractivity contribution in [2.45, 2.75) is 96.6 Å². The molecule has 1 unspecified atom stereocenters. The molecule has 11 nitrogen and oxygen atoms in total. The van der Waals surface area contributed by atoms with Gasteiger partial charge < -0.3 is 14.5 Å². The smallest absolute Gasteiger partial charge is 0.410 e. The number of carbonyl (C=O) groups excluding carboxylic acids is 5. The predicted octanol–water partition coefficient (Wildman–Crippen LogP) is 2.70. The van der Waals surface area contributed by atoms with Gasteiger partial charge in [0.25, 0.3) is 0 Å². The fourth-order valence-electron chi connectivity index (χ4n) is 5.89. The summed E-state index contributed by atoms with van der Waals surface area (Å²) in [5.41, 5.74) is -0.562. The summed E-state index contributed by atoms with van der Waals surface area (Å²) in [5, 5.41) is 12.7. The molecule has 3 fully saturated rings. The molecule has 3 atom stereocenters. The third-order valence-electron chi connectivity index (χ3n) is 7.79. The summed E-state index contributed by atoms with van der Waals surface area (Å²) in [5.74, 6) is -1.21.